The molecule has 8 rings (SSSR count). The molecule has 3 heterocycles. The zero-order valence-electron chi connectivity index (χ0n) is 42.4. The number of ketones is 1. The minimum atomic E-state index is -1.92. The summed E-state index contributed by atoms with van der Waals surface area (Å²) in [5.41, 5.74) is -5.64. The lowest BCUT2D eigenvalue weighted by Gasteiger charge is -2.69. The third kappa shape index (κ3) is 9.31. The van der Waals surface area contributed by atoms with Gasteiger partial charge in [0.25, 0.3) is 0 Å². The fourth-order valence-corrected chi connectivity index (χ4v) is 14.0. The average Bonchev–Trinajstić information content (AvgIpc) is 3.64. The lowest BCUT2D eigenvalue weighted by atomic mass is 9.39. The van der Waals surface area contributed by atoms with Gasteiger partial charge in [-0.3, -0.25) is 4.79 Å². The highest BCUT2D eigenvalue weighted by molar-refractivity contribution is 5.90. The lowest BCUT2D eigenvalue weighted by molar-refractivity contribution is -0.371. The number of allylic oxidation sites excluding steroid dienone is 1. The molecule has 0 radical (unpaired) electrons. The molecule has 1 unspecified atom stereocenters. The van der Waals surface area contributed by atoms with Crippen LogP contribution in [0.5, 0.6) is 0 Å². The van der Waals surface area contributed by atoms with Gasteiger partial charge in [0.15, 0.2) is 18.9 Å². The van der Waals surface area contributed by atoms with Gasteiger partial charge in [-0.2, -0.15) is 0 Å². The van der Waals surface area contributed by atoms with Crippen molar-refractivity contribution in [3.05, 3.63) is 47.5 Å². The number of rotatable bonds is 13. The Hall–Kier alpha value is -3.03. The van der Waals surface area contributed by atoms with Crippen LogP contribution in [0.1, 0.15) is 110 Å². The molecule has 1 aromatic carbocycles. The SMILES string of the molecule is C/C=C(\C)C(=O)O[C@@H]1[C@@H](OC(=O)c2ccccc2)[C@]2(C)[C@@H](C(C)=O)CC[C@]2(O)[C@]2(O)CCC3C[C@@H](O[C@H]4C[C@@H](O)[C@H](O[C@@H]5O[C@H](C)[C@@H](O[C@@H]6O[C@H](CO)[C@@H](O)[C@H](O)[C@H]6O)[C@@H](OC)[C@H]5O)[C@@H](C)O4)CC[C@]3(C)[C@@H]12. The number of Topliss-reactive ketones (excluding diaryl/α,β-unsaturated/α-hetero) is 1. The van der Waals surface area contributed by atoms with Gasteiger partial charge in [-0.1, -0.05) is 38.1 Å². The van der Waals surface area contributed by atoms with Gasteiger partial charge < -0.3 is 83.5 Å². The molecule has 1 aromatic rings. The first-order valence-electron chi connectivity index (χ1n) is 25.5. The van der Waals surface area contributed by atoms with E-state index in [0.717, 1.165) is 0 Å². The van der Waals surface area contributed by atoms with E-state index in [2.05, 4.69) is 0 Å². The summed E-state index contributed by atoms with van der Waals surface area (Å²) in [7, 11) is 1.32. The normalized spacial score (nSPS) is 48.4. The van der Waals surface area contributed by atoms with Crippen LogP contribution in [0.25, 0.3) is 0 Å². The van der Waals surface area contributed by atoms with E-state index in [0.29, 0.717) is 31.3 Å². The van der Waals surface area contributed by atoms with Crippen LogP contribution >= 0.6 is 0 Å². The molecule has 404 valence electrons. The van der Waals surface area contributed by atoms with Crippen molar-refractivity contribution in [1.82, 2.24) is 0 Å². The molecule has 0 spiro atoms. The second-order valence-electron chi connectivity index (χ2n) is 21.9. The second kappa shape index (κ2) is 21.2. The maximum atomic E-state index is 14.1. The number of ether oxygens (including phenoxy) is 9. The molecule has 0 aromatic heterocycles. The number of aliphatic hydroxyl groups excluding tert-OH is 6. The van der Waals surface area contributed by atoms with E-state index < -0.39 is 151 Å². The Morgan fingerprint density at radius 3 is 2.06 bits per heavy atom. The molecular formula is C52H76O20. The zero-order chi connectivity index (χ0) is 52.4. The van der Waals surface area contributed by atoms with Crippen molar-refractivity contribution in [3.8, 4) is 0 Å². The fraction of sp³-hybridized carbons (Fsp3) is 0.788. The molecule has 4 aliphatic carbocycles. The first-order valence-corrected chi connectivity index (χ1v) is 25.5. The summed E-state index contributed by atoms with van der Waals surface area (Å²) in [6.07, 6.45) is -16.7. The van der Waals surface area contributed by atoms with Crippen LogP contribution in [0.15, 0.2) is 42.0 Å². The molecule has 20 heteroatoms. The summed E-state index contributed by atoms with van der Waals surface area (Å²) in [6, 6.07) is 8.33. The van der Waals surface area contributed by atoms with Crippen LogP contribution < -0.4 is 0 Å². The molecule has 0 amide bonds. The maximum absolute atomic E-state index is 14.1. The van der Waals surface area contributed by atoms with Crippen molar-refractivity contribution in [2.24, 2.45) is 28.6 Å². The van der Waals surface area contributed by atoms with Gasteiger partial charge in [-0.25, -0.2) is 9.59 Å². The molecule has 7 fully saturated rings. The van der Waals surface area contributed by atoms with Crippen LogP contribution in [0, 0.1) is 28.6 Å². The highest BCUT2D eigenvalue weighted by Crippen LogP contribution is 2.71. The van der Waals surface area contributed by atoms with Crippen LogP contribution in [0.3, 0.4) is 0 Å². The molecule has 72 heavy (non-hydrogen) atoms. The Morgan fingerprint density at radius 1 is 0.750 bits per heavy atom. The van der Waals surface area contributed by atoms with Crippen LogP contribution in [0.4, 0.5) is 0 Å². The van der Waals surface area contributed by atoms with Gasteiger partial charge >= 0.3 is 11.9 Å². The average molecular weight is 1020 g/mol. The zero-order valence-corrected chi connectivity index (χ0v) is 42.4. The van der Waals surface area contributed by atoms with Crippen LogP contribution in [0.2, 0.25) is 0 Å². The number of esters is 2. The number of benzene rings is 1. The molecule has 3 saturated heterocycles. The molecule has 0 bridgehead atoms. The van der Waals surface area contributed by atoms with Crippen molar-refractivity contribution in [2.75, 3.05) is 13.7 Å². The number of methoxy groups -OCH3 is 1. The smallest absolute Gasteiger partial charge is 0.338 e. The fourth-order valence-electron chi connectivity index (χ4n) is 14.0. The summed E-state index contributed by atoms with van der Waals surface area (Å²) in [4.78, 5) is 41.6. The standard InChI is InChI=1S/C52H76O20/c1-9-24(2)45(60)69-42-43-49(6)18-16-30(21-29(49)15-19-51(43,62)52(63)20-17-31(25(3)54)50(52,7)44(42)72-46(61)28-13-11-10-12-14-28)67-34-22-32(55)39(26(4)65-34)70-48-38(59)41(64-8)40(27(5)66-48)71-47-37(58)36(57)35(56)33(23-53)68-47/h9-14,26-27,29-44,47-48,53,55-59,62-63H,15-23H2,1-8H3/b24-9+/t26-,27-,29?,30+,31-,32-,33-,34+,35-,36+,37-,38-,39-,40-,41+,42+,43-,44-,47+,48+,49+,50+,51+,52-/m1/s1. The number of hydrogen-bond donors (Lipinski definition) is 8. The van der Waals surface area contributed by atoms with E-state index in [1.807, 2.05) is 6.92 Å². The molecule has 7 aliphatic rings. The summed E-state index contributed by atoms with van der Waals surface area (Å²) in [5.74, 6) is -3.57. The van der Waals surface area contributed by atoms with E-state index in [1.54, 1.807) is 71.0 Å². The van der Waals surface area contributed by atoms with Gasteiger partial charge in [-0.15, -0.1) is 0 Å². The minimum Gasteiger partial charge on any atom is -0.455 e. The number of hydrogen-bond acceptors (Lipinski definition) is 20. The molecular weight excluding hydrogens is 945 g/mol. The molecule has 8 N–H and O–H groups in total. The number of carbonyl (C=O) groups is 3. The summed E-state index contributed by atoms with van der Waals surface area (Å²) < 4.78 is 55.2. The Balaban J connectivity index is 0.972. The number of carbonyl (C=O) groups excluding carboxylic acids is 3. The number of fused-ring (bicyclic) bond motifs is 5. The van der Waals surface area contributed by atoms with Crippen molar-refractivity contribution in [3.63, 3.8) is 0 Å². The van der Waals surface area contributed by atoms with E-state index in [1.165, 1.54) is 14.0 Å². The summed E-state index contributed by atoms with van der Waals surface area (Å²) in [6.45, 7) is 11.1. The second-order valence-corrected chi connectivity index (χ2v) is 21.9. The highest BCUT2D eigenvalue weighted by Gasteiger charge is 2.81. The third-order valence-electron chi connectivity index (χ3n) is 18.1. The predicted octanol–water partition coefficient (Wildman–Crippen LogP) is 1.36. The third-order valence-corrected chi connectivity index (χ3v) is 18.1. The molecule has 24 atom stereocenters. The Labute approximate surface area is 419 Å². The Kier molecular flexibility index (Phi) is 16.2. The van der Waals surface area contributed by atoms with Crippen LogP contribution in [-0.4, -0.2) is 188 Å². The van der Waals surface area contributed by atoms with Gasteiger partial charge in [0.1, 0.15) is 78.0 Å². The highest BCUT2D eigenvalue weighted by atomic mass is 16.8. The summed E-state index contributed by atoms with van der Waals surface area (Å²) in [5, 5.41) is 90.4. The van der Waals surface area contributed by atoms with Gasteiger partial charge in [-0.05, 0) is 103 Å². The van der Waals surface area contributed by atoms with E-state index in [4.69, 9.17) is 42.6 Å². The first kappa shape index (κ1) is 55.2. The van der Waals surface area contributed by atoms with E-state index in [9.17, 15) is 55.2 Å². The summed E-state index contributed by atoms with van der Waals surface area (Å²) >= 11 is 0. The lowest BCUT2D eigenvalue weighted by Crippen LogP contribution is -2.81. The Morgan fingerprint density at radius 2 is 1.42 bits per heavy atom. The largest absolute Gasteiger partial charge is 0.455 e. The van der Waals surface area contributed by atoms with E-state index in [-0.39, 0.29) is 49.1 Å². The number of aliphatic hydroxyl groups is 8. The quantitative estimate of drug-likeness (QED) is 0.0786. The van der Waals surface area contributed by atoms with Gasteiger partial charge in [0.2, 0.25) is 0 Å². The van der Waals surface area contributed by atoms with Crippen LogP contribution in [-0.2, 0) is 52.2 Å². The van der Waals surface area contributed by atoms with E-state index >= 15 is 0 Å². The van der Waals surface area contributed by atoms with Crippen molar-refractivity contribution >= 4 is 17.7 Å². The van der Waals surface area contributed by atoms with Crippen molar-refractivity contribution < 1.29 is 97.9 Å². The molecule has 20 nitrogen and oxygen atoms in total. The first-order chi connectivity index (χ1) is 34.0. The van der Waals surface area contributed by atoms with Crippen molar-refractivity contribution in [1.29, 1.82) is 0 Å². The monoisotopic (exact) mass is 1020 g/mol. The predicted molar refractivity (Wildman–Crippen MR) is 249 cm³/mol. The van der Waals surface area contributed by atoms with Gasteiger partial charge in [0.05, 0.1) is 36.6 Å². The Bertz CT molecular complexity index is 2110. The van der Waals surface area contributed by atoms with Crippen molar-refractivity contribution in [2.45, 2.75) is 215 Å². The molecule has 4 saturated carbocycles. The minimum absolute atomic E-state index is 0.00947. The van der Waals surface area contributed by atoms with Gasteiger partial charge in [0, 0.05) is 36.4 Å². The molecule has 3 aliphatic heterocycles. The topological polar surface area (TPSA) is 296 Å². The maximum Gasteiger partial charge on any atom is 0.338 e.